The van der Waals surface area contributed by atoms with Crippen LogP contribution in [0.2, 0.25) is 0 Å². The summed E-state index contributed by atoms with van der Waals surface area (Å²) in [6, 6.07) is 7.05. The van der Waals surface area contributed by atoms with Gasteiger partial charge in [0.05, 0.1) is 24.6 Å². The summed E-state index contributed by atoms with van der Waals surface area (Å²) >= 11 is 0. The second-order valence-electron chi connectivity index (χ2n) is 11.8. The Morgan fingerprint density at radius 1 is 1.08 bits per heavy atom. The van der Waals surface area contributed by atoms with Gasteiger partial charge in [-0.1, -0.05) is 23.8 Å². The van der Waals surface area contributed by atoms with Gasteiger partial charge in [0.1, 0.15) is 5.69 Å². The summed E-state index contributed by atoms with van der Waals surface area (Å²) < 4.78 is 12.8. The molecule has 2 aromatic rings. The number of methoxy groups -OCH3 is 1. The number of nitrogens with zero attached hydrogens (tertiary/aromatic N) is 3. The number of hydrogen-bond acceptors (Lipinski definition) is 7. The van der Waals surface area contributed by atoms with Crippen LogP contribution in [0.5, 0.6) is 0 Å². The summed E-state index contributed by atoms with van der Waals surface area (Å²) in [5, 5.41) is 8.99. The standard InChI is InChI=1S/C30H35N3O5/c1-18(34)38-30(27-17-33(32-31-27)21-6-4-5-20(15-21)28(36)37-3)14-12-26-25-9-7-19-16-22(35)8-10-23(19)24(25)11-13-29(26,30)2/h4-6,15-17,23-26H,7-14H2,1-3H3/t23-,24+,25+,26-,29-,30+/m0/s1. The van der Waals surface area contributed by atoms with Crippen molar-refractivity contribution in [2.75, 3.05) is 7.11 Å². The van der Waals surface area contributed by atoms with Crippen LogP contribution in [0, 0.1) is 29.1 Å². The number of fused-ring (bicyclic) bond motifs is 5. The molecule has 0 bridgehead atoms. The SMILES string of the molecule is COC(=O)c1cccc(-n2cc([C@]3(OC(C)=O)CC[C@H]4[C@@H]5CCC6=CC(=O)CC[C@@H]6[C@H]5CC[C@@]43C)nn2)c1. The molecule has 0 amide bonds. The fraction of sp³-hybridized carbons (Fsp3) is 0.567. The van der Waals surface area contributed by atoms with E-state index in [4.69, 9.17) is 9.47 Å². The second-order valence-corrected chi connectivity index (χ2v) is 11.8. The van der Waals surface area contributed by atoms with Gasteiger partial charge in [0.2, 0.25) is 0 Å². The number of ether oxygens (including phenoxy) is 2. The topological polar surface area (TPSA) is 100 Å². The zero-order chi connectivity index (χ0) is 26.7. The van der Waals surface area contributed by atoms with E-state index in [0.717, 1.165) is 38.5 Å². The highest BCUT2D eigenvalue weighted by Crippen LogP contribution is 2.68. The molecule has 0 spiro atoms. The van der Waals surface area contributed by atoms with Crippen LogP contribution in [0.1, 0.15) is 81.3 Å². The largest absolute Gasteiger partial charge is 0.465 e. The van der Waals surface area contributed by atoms with Gasteiger partial charge in [0, 0.05) is 18.8 Å². The highest BCUT2D eigenvalue weighted by atomic mass is 16.6. The summed E-state index contributed by atoms with van der Waals surface area (Å²) in [5.74, 6) is 1.62. The Hall–Kier alpha value is -3.29. The summed E-state index contributed by atoms with van der Waals surface area (Å²) in [6.07, 6.45) is 11.2. The van der Waals surface area contributed by atoms with Crippen LogP contribution in [0.15, 0.2) is 42.1 Å². The van der Waals surface area contributed by atoms with Crippen molar-refractivity contribution < 1.29 is 23.9 Å². The van der Waals surface area contributed by atoms with Crippen molar-refractivity contribution in [3.05, 3.63) is 53.4 Å². The molecule has 1 aromatic heterocycles. The molecule has 0 saturated heterocycles. The molecule has 38 heavy (non-hydrogen) atoms. The lowest BCUT2D eigenvalue weighted by Crippen LogP contribution is -2.53. The van der Waals surface area contributed by atoms with Crippen molar-refractivity contribution in [3.63, 3.8) is 0 Å². The van der Waals surface area contributed by atoms with E-state index in [1.165, 1.54) is 19.6 Å². The highest BCUT2D eigenvalue weighted by Gasteiger charge is 2.66. The number of rotatable bonds is 4. The van der Waals surface area contributed by atoms with E-state index in [0.29, 0.717) is 53.5 Å². The average Bonchev–Trinajstić information content (AvgIpc) is 3.52. The molecule has 4 aliphatic rings. The normalized spacial score (nSPS) is 34.0. The molecule has 0 aliphatic heterocycles. The Morgan fingerprint density at radius 2 is 1.92 bits per heavy atom. The molecule has 6 rings (SSSR count). The lowest BCUT2D eigenvalue weighted by Gasteiger charge is -2.55. The Bertz CT molecular complexity index is 1330. The predicted octanol–water partition coefficient (Wildman–Crippen LogP) is 4.95. The van der Waals surface area contributed by atoms with Crippen LogP contribution in [-0.4, -0.2) is 39.8 Å². The molecule has 0 N–H and O–H groups in total. The molecule has 0 radical (unpaired) electrons. The zero-order valence-electron chi connectivity index (χ0n) is 22.3. The molecule has 3 fully saturated rings. The predicted molar refractivity (Wildman–Crippen MR) is 138 cm³/mol. The summed E-state index contributed by atoms with van der Waals surface area (Å²) in [5.41, 5.74) is 2.03. The minimum atomic E-state index is -0.856. The number of aromatic nitrogens is 3. The highest BCUT2D eigenvalue weighted by molar-refractivity contribution is 5.91. The van der Waals surface area contributed by atoms with Crippen LogP contribution >= 0.6 is 0 Å². The van der Waals surface area contributed by atoms with Gasteiger partial charge < -0.3 is 9.47 Å². The van der Waals surface area contributed by atoms with Crippen LogP contribution < -0.4 is 0 Å². The van der Waals surface area contributed by atoms with E-state index in [-0.39, 0.29) is 17.2 Å². The molecule has 8 nitrogen and oxygen atoms in total. The molecule has 0 unspecified atom stereocenters. The fourth-order valence-electron chi connectivity index (χ4n) is 8.53. The number of carbonyl (C=O) groups excluding carboxylic acids is 3. The molecular formula is C30H35N3O5. The van der Waals surface area contributed by atoms with Gasteiger partial charge in [-0.2, -0.15) is 0 Å². The van der Waals surface area contributed by atoms with Gasteiger partial charge in [-0.15, -0.1) is 5.10 Å². The third kappa shape index (κ3) is 3.75. The number of ketones is 1. The van der Waals surface area contributed by atoms with E-state index in [9.17, 15) is 14.4 Å². The van der Waals surface area contributed by atoms with Gasteiger partial charge in [-0.25, -0.2) is 9.48 Å². The van der Waals surface area contributed by atoms with Gasteiger partial charge in [0.25, 0.3) is 0 Å². The number of carbonyl (C=O) groups is 3. The molecule has 8 heteroatoms. The smallest absolute Gasteiger partial charge is 0.337 e. The van der Waals surface area contributed by atoms with E-state index in [2.05, 4.69) is 17.2 Å². The first-order chi connectivity index (χ1) is 18.3. The van der Waals surface area contributed by atoms with Gasteiger partial charge in [-0.05, 0) is 92.9 Å². The van der Waals surface area contributed by atoms with Crippen LogP contribution in [-0.2, 0) is 24.7 Å². The maximum absolute atomic E-state index is 12.6. The van der Waals surface area contributed by atoms with Crippen molar-refractivity contribution >= 4 is 17.7 Å². The van der Waals surface area contributed by atoms with Crippen LogP contribution in [0.4, 0.5) is 0 Å². The summed E-state index contributed by atoms with van der Waals surface area (Å²) in [6.45, 7) is 3.77. The third-order valence-electron chi connectivity index (χ3n) is 10.2. The molecular weight excluding hydrogens is 482 g/mol. The van der Waals surface area contributed by atoms with Crippen molar-refractivity contribution in [1.29, 1.82) is 0 Å². The number of hydrogen-bond donors (Lipinski definition) is 0. The van der Waals surface area contributed by atoms with E-state index in [1.54, 1.807) is 22.9 Å². The van der Waals surface area contributed by atoms with Crippen molar-refractivity contribution in [2.45, 2.75) is 70.8 Å². The fourth-order valence-corrected chi connectivity index (χ4v) is 8.53. The molecule has 1 heterocycles. The van der Waals surface area contributed by atoms with E-state index >= 15 is 0 Å². The minimum Gasteiger partial charge on any atom is -0.465 e. The molecule has 200 valence electrons. The molecule has 1 aromatic carbocycles. The van der Waals surface area contributed by atoms with E-state index in [1.807, 2.05) is 18.3 Å². The third-order valence-corrected chi connectivity index (χ3v) is 10.2. The lowest BCUT2D eigenvalue weighted by molar-refractivity contribution is -0.184. The molecule has 4 aliphatic carbocycles. The van der Waals surface area contributed by atoms with Gasteiger partial charge in [-0.3, -0.25) is 9.59 Å². The molecule has 3 saturated carbocycles. The van der Waals surface area contributed by atoms with E-state index < -0.39 is 11.6 Å². The number of benzene rings is 1. The maximum atomic E-state index is 12.6. The van der Waals surface area contributed by atoms with Crippen LogP contribution in [0.3, 0.4) is 0 Å². The minimum absolute atomic E-state index is 0.264. The lowest BCUT2D eigenvalue weighted by atomic mass is 9.50. The first kappa shape index (κ1) is 25.0. The quantitative estimate of drug-likeness (QED) is 0.529. The van der Waals surface area contributed by atoms with Gasteiger partial charge >= 0.3 is 11.9 Å². The molecule has 6 atom stereocenters. The number of esters is 2. The summed E-state index contributed by atoms with van der Waals surface area (Å²) in [7, 11) is 1.36. The maximum Gasteiger partial charge on any atom is 0.337 e. The second kappa shape index (κ2) is 9.17. The Morgan fingerprint density at radius 3 is 2.71 bits per heavy atom. The Labute approximate surface area is 222 Å². The zero-order valence-corrected chi connectivity index (χ0v) is 22.3. The Balaban J connectivity index is 1.35. The monoisotopic (exact) mass is 517 g/mol. The van der Waals surface area contributed by atoms with Crippen LogP contribution in [0.25, 0.3) is 5.69 Å². The Kier molecular flexibility index (Phi) is 6.04. The van der Waals surface area contributed by atoms with Crippen molar-refractivity contribution in [3.8, 4) is 5.69 Å². The van der Waals surface area contributed by atoms with Gasteiger partial charge in [0.15, 0.2) is 11.4 Å². The first-order valence-electron chi connectivity index (χ1n) is 13.8. The average molecular weight is 518 g/mol. The van der Waals surface area contributed by atoms with Crippen molar-refractivity contribution in [1.82, 2.24) is 15.0 Å². The summed E-state index contributed by atoms with van der Waals surface area (Å²) in [4.78, 5) is 36.7. The van der Waals surface area contributed by atoms with Crippen molar-refractivity contribution in [2.24, 2.45) is 29.1 Å². The first-order valence-corrected chi connectivity index (χ1v) is 13.8. The number of allylic oxidation sites excluding steroid dienone is 1.